The standard InChI is InChI=1S/C27H28N2/c1-5-22-24(28-18(3)26(22)20-13-9-7-10-14-20)17-25-23(6-2)27(19(4)29-25)21-15-11-8-12-16-21/h7-17,28H,5-6H2,1-4H3/b25-17-. The quantitative estimate of drug-likeness (QED) is 0.483. The molecule has 0 spiro atoms. The summed E-state index contributed by atoms with van der Waals surface area (Å²) < 4.78 is 0. The van der Waals surface area contributed by atoms with Crippen molar-refractivity contribution in [1.82, 2.24) is 4.98 Å². The average molecular weight is 381 g/mol. The molecule has 0 fully saturated rings. The third-order valence-corrected chi connectivity index (χ3v) is 5.70. The van der Waals surface area contributed by atoms with Gasteiger partial charge in [0.1, 0.15) is 0 Å². The van der Waals surface area contributed by atoms with Gasteiger partial charge in [0.25, 0.3) is 0 Å². The number of hydrogen-bond donors (Lipinski definition) is 1. The van der Waals surface area contributed by atoms with Gasteiger partial charge in [-0.3, -0.25) is 4.99 Å². The van der Waals surface area contributed by atoms with Crippen molar-refractivity contribution in [3.8, 4) is 11.1 Å². The Morgan fingerprint density at radius 1 is 0.828 bits per heavy atom. The van der Waals surface area contributed by atoms with Crippen molar-refractivity contribution in [2.45, 2.75) is 40.5 Å². The Labute approximate surface area is 173 Å². The zero-order chi connectivity index (χ0) is 20.4. The van der Waals surface area contributed by atoms with Crippen LogP contribution in [0.5, 0.6) is 0 Å². The minimum Gasteiger partial charge on any atom is -0.358 e. The van der Waals surface area contributed by atoms with Gasteiger partial charge >= 0.3 is 0 Å². The Hall–Kier alpha value is -3.13. The number of allylic oxidation sites excluding steroid dienone is 2. The maximum absolute atomic E-state index is 4.96. The second-order valence-electron chi connectivity index (χ2n) is 7.54. The van der Waals surface area contributed by atoms with Crippen molar-refractivity contribution >= 4 is 17.4 Å². The fourth-order valence-corrected chi connectivity index (χ4v) is 4.44. The van der Waals surface area contributed by atoms with E-state index in [0.717, 1.165) is 24.3 Å². The molecule has 0 atom stereocenters. The summed E-state index contributed by atoms with van der Waals surface area (Å²) in [4.78, 5) is 8.60. The number of aromatic amines is 1. The van der Waals surface area contributed by atoms with Crippen molar-refractivity contribution in [3.63, 3.8) is 0 Å². The van der Waals surface area contributed by atoms with Crippen LogP contribution in [0.4, 0.5) is 0 Å². The average Bonchev–Trinajstić information content (AvgIpc) is 3.24. The van der Waals surface area contributed by atoms with E-state index in [0.29, 0.717) is 0 Å². The Morgan fingerprint density at radius 3 is 2.03 bits per heavy atom. The molecule has 4 rings (SSSR count). The van der Waals surface area contributed by atoms with Crippen LogP contribution in [-0.4, -0.2) is 10.7 Å². The van der Waals surface area contributed by atoms with Crippen molar-refractivity contribution in [3.05, 3.63) is 94.4 Å². The normalized spacial score (nSPS) is 15.3. The van der Waals surface area contributed by atoms with E-state index in [1.807, 2.05) is 0 Å². The van der Waals surface area contributed by atoms with Crippen molar-refractivity contribution in [2.75, 3.05) is 0 Å². The summed E-state index contributed by atoms with van der Waals surface area (Å²) >= 11 is 0. The summed E-state index contributed by atoms with van der Waals surface area (Å²) in [6.45, 7) is 8.73. The van der Waals surface area contributed by atoms with Crippen molar-refractivity contribution in [1.29, 1.82) is 0 Å². The van der Waals surface area contributed by atoms with Gasteiger partial charge in [-0.2, -0.15) is 0 Å². The van der Waals surface area contributed by atoms with E-state index >= 15 is 0 Å². The fraction of sp³-hybridized carbons (Fsp3) is 0.222. The molecule has 2 aromatic carbocycles. The number of aromatic nitrogens is 1. The Bertz CT molecular complexity index is 1110. The maximum Gasteiger partial charge on any atom is 0.0692 e. The summed E-state index contributed by atoms with van der Waals surface area (Å²) in [6.07, 6.45) is 4.19. The molecule has 0 aliphatic carbocycles. The number of H-pyrrole nitrogens is 1. The number of benzene rings is 2. The zero-order valence-electron chi connectivity index (χ0n) is 17.7. The lowest BCUT2D eigenvalue weighted by Gasteiger charge is -2.08. The maximum atomic E-state index is 4.96. The molecule has 0 amide bonds. The van der Waals surface area contributed by atoms with Crippen LogP contribution >= 0.6 is 0 Å². The van der Waals surface area contributed by atoms with E-state index in [-0.39, 0.29) is 0 Å². The van der Waals surface area contributed by atoms with Crippen LogP contribution in [0.25, 0.3) is 22.8 Å². The first kappa shape index (κ1) is 19.2. The highest BCUT2D eigenvalue weighted by atomic mass is 14.8. The minimum absolute atomic E-state index is 0.962. The van der Waals surface area contributed by atoms with Gasteiger partial charge in [-0.05, 0) is 55.0 Å². The Kier molecular flexibility index (Phi) is 5.35. The Balaban J connectivity index is 1.84. The summed E-state index contributed by atoms with van der Waals surface area (Å²) in [5, 5.41) is 0. The zero-order valence-corrected chi connectivity index (χ0v) is 17.7. The van der Waals surface area contributed by atoms with Crippen LogP contribution in [-0.2, 0) is 6.42 Å². The van der Waals surface area contributed by atoms with Crippen LogP contribution in [0, 0.1) is 6.92 Å². The first-order valence-electron chi connectivity index (χ1n) is 10.5. The van der Waals surface area contributed by atoms with Gasteiger partial charge in [-0.25, -0.2) is 0 Å². The molecule has 3 aromatic rings. The summed E-state index contributed by atoms with van der Waals surface area (Å²) in [5.74, 6) is 0. The molecule has 2 heterocycles. The minimum atomic E-state index is 0.962. The van der Waals surface area contributed by atoms with Crippen LogP contribution in [0.1, 0.15) is 49.7 Å². The molecule has 146 valence electrons. The monoisotopic (exact) mass is 380 g/mol. The van der Waals surface area contributed by atoms with Gasteiger partial charge in [-0.15, -0.1) is 0 Å². The lowest BCUT2D eigenvalue weighted by Crippen LogP contribution is -1.95. The molecular weight excluding hydrogens is 352 g/mol. The van der Waals surface area contributed by atoms with Gasteiger partial charge < -0.3 is 4.98 Å². The number of aryl methyl sites for hydroxylation is 1. The molecule has 1 aliphatic rings. The van der Waals surface area contributed by atoms with Gasteiger partial charge in [0.15, 0.2) is 0 Å². The number of hydrogen-bond acceptors (Lipinski definition) is 1. The smallest absolute Gasteiger partial charge is 0.0692 e. The molecule has 0 saturated heterocycles. The second-order valence-corrected chi connectivity index (χ2v) is 7.54. The van der Waals surface area contributed by atoms with Crippen molar-refractivity contribution in [2.24, 2.45) is 4.99 Å². The summed E-state index contributed by atoms with van der Waals surface area (Å²) in [6, 6.07) is 21.3. The Morgan fingerprint density at radius 2 is 1.45 bits per heavy atom. The highest BCUT2D eigenvalue weighted by molar-refractivity contribution is 6.27. The summed E-state index contributed by atoms with van der Waals surface area (Å²) in [7, 11) is 0. The topological polar surface area (TPSA) is 28.1 Å². The largest absolute Gasteiger partial charge is 0.358 e. The molecule has 1 aliphatic heterocycles. The van der Waals surface area contributed by atoms with Crippen LogP contribution in [0.15, 0.2) is 76.9 Å². The van der Waals surface area contributed by atoms with E-state index in [4.69, 9.17) is 4.99 Å². The fourth-order valence-electron chi connectivity index (χ4n) is 4.44. The first-order chi connectivity index (χ1) is 14.1. The number of nitrogens with zero attached hydrogens (tertiary/aromatic N) is 1. The molecule has 0 unspecified atom stereocenters. The van der Waals surface area contributed by atoms with Gasteiger partial charge in [0.2, 0.25) is 0 Å². The molecular formula is C27H28N2. The molecule has 29 heavy (non-hydrogen) atoms. The number of nitrogens with one attached hydrogen (secondary N) is 1. The third-order valence-electron chi connectivity index (χ3n) is 5.70. The van der Waals surface area contributed by atoms with Crippen molar-refractivity contribution < 1.29 is 0 Å². The van der Waals surface area contributed by atoms with E-state index in [1.54, 1.807) is 0 Å². The molecule has 2 nitrogen and oxygen atoms in total. The SMILES string of the molecule is CCC1=C(c2ccccc2)C(C)=N/C1=C\c1[nH]c(C)c(-c2ccccc2)c1CC. The molecule has 1 aromatic heterocycles. The summed E-state index contributed by atoms with van der Waals surface area (Å²) in [5.41, 5.74) is 12.4. The second kappa shape index (κ2) is 8.08. The molecule has 1 N–H and O–H groups in total. The highest BCUT2D eigenvalue weighted by Crippen LogP contribution is 2.37. The van der Waals surface area contributed by atoms with E-state index in [2.05, 4.69) is 99.4 Å². The van der Waals surface area contributed by atoms with E-state index in [9.17, 15) is 0 Å². The first-order valence-corrected chi connectivity index (χ1v) is 10.5. The van der Waals surface area contributed by atoms with Crippen LogP contribution < -0.4 is 0 Å². The van der Waals surface area contributed by atoms with Gasteiger partial charge in [0, 0.05) is 28.2 Å². The molecule has 0 bridgehead atoms. The number of aliphatic imine (C=N–C) groups is 1. The predicted octanol–water partition coefficient (Wildman–Crippen LogP) is 7.23. The van der Waals surface area contributed by atoms with E-state index in [1.165, 1.54) is 44.8 Å². The highest BCUT2D eigenvalue weighted by Gasteiger charge is 2.22. The predicted molar refractivity (Wildman–Crippen MR) is 125 cm³/mol. The molecule has 0 radical (unpaired) electrons. The van der Waals surface area contributed by atoms with Crippen LogP contribution in [0.3, 0.4) is 0 Å². The molecule has 2 heteroatoms. The third kappa shape index (κ3) is 3.51. The molecule has 0 saturated carbocycles. The lowest BCUT2D eigenvalue weighted by molar-refractivity contribution is 1.11. The lowest BCUT2D eigenvalue weighted by atomic mass is 9.95. The number of rotatable bonds is 5. The van der Waals surface area contributed by atoms with E-state index < -0.39 is 0 Å². The van der Waals surface area contributed by atoms with Gasteiger partial charge in [0.05, 0.1) is 5.70 Å². The van der Waals surface area contributed by atoms with Gasteiger partial charge in [-0.1, -0.05) is 74.5 Å². The van der Waals surface area contributed by atoms with Crippen LogP contribution in [0.2, 0.25) is 0 Å².